The molecule has 144 valence electrons. The third-order valence-corrected chi connectivity index (χ3v) is 10.5. The van der Waals surface area contributed by atoms with E-state index in [1.807, 2.05) is 20.8 Å². The van der Waals surface area contributed by atoms with Crippen molar-refractivity contribution < 1.29 is 18.8 Å². The summed E-state index contributed by atoms with van der Waals surface area (Å²) in [6, 6.07) is 0. The monoisotopic (exact) mass is 369 g/mol. The molecule has 2 amide bonds. The molecule has 0 unspecified atom stereocenters. The molecule has 0 aromatic carbocycles. The van der Waals surface area contributed by atoms with Crippen molar-refractivity contribution in [3.63, 3.8) is 0 Å². The number of nitrogens with zero attached hydrogens (tertiary/aromatic N) is 1. The van der Waals surface area contributed by atoms with Crippen LogP contribution in [0.4, 0.5) is 4.79 Å². The number of amides is 2. The summed E-state index contributed by atoms with van der Waals surface area (Å²) in [7, 11) is -1.75. The first kappa shape index (κ1) is 20.4. The summed E-state index contributed by atoms with van der Waals surface area (Å²) in [5, 5.41) is 0.195. The summed E-state index contributed by atoms with van der Waals surface area (Å²) in [4.78, 5) is 26.2. The molecule has 1 saturated carbocycles. The number of imide groups is 1. The Hall–Kier alpha value is -0.883. The van der Waals surface area contributed by atoms with Crippen LogP contribution in [0, 0.1) is 5.92 Å². The van der Waals surface area contributed by atoms with Crippen molar-refractivity contribution in [3.05, 3.63) is 0 Å². The normalized spacial score (nSPS) is 27.1. The number of ether oxygens (including phenoxy) is 1. The number of hydrogen-bond acceptors (Lipinski definition) is 4. The second-order valence-electron chi connectivity index (χ2n) is 10.1. The van der Waals surface area contributed by atoms with Gasteiger partial charge in [0.15, 0.2) is 8.32 Å². The average Bonchev–Trinajstić information content (AvgIpc) is 2.95. The Bertz CT molecular complexity index is 547. The molecule has 2 rings (SSSR count). The summed E-state index contributed by atoms with van der Waals surface area (Å²) in [5.74, 6) is 0.248. The zero-order valence-corrected chi connectivity index (χ0v) is 18.2. The Labute approximate surface area is 153 Å². The third-order valence-electron chi connectivity index (χ3n) is 5.98. The van der Waals surface area contributed by atoms with Crippen molar-refractivity contribution in [1.82, 2.24) is 4.90 Å². The highest BCUT2D eigenvalue weighted by Crippen LogP contribution is 2.57. The number of rotatable bonds is 4. The van der Waals surface area contributed by atoms with Crippen LogP contribution in [-0.2, 0) is 14.0 Å². The van der Waals surface area contributed by atoms with Crippen LogP contribution in [0.25, 0.3) is 0 Å². The van der Waals surface area contributed by atoms with Crippen LogP contribution in [0.5, 0.6) is 0 Å². The SMILES string of the molecule is CC(C)(C)OC(=O)N1C(=O)CC[C@@]12C[C@H]2CCO[Si](C)(C)C(C)(C)C. The van der Waals surface area contributed by atoms with Gasteiger partial charge in [0.25, 0.3) is 0 Å². The first-order valence-electron chi connectivity index (χ1n) is 9.40. The Balaban J connectivity index is 1.95. The van der Waals surface area contributed by atoms with Gasteiger partial charge in [-0.25, -0.2) is 9.69 Å². The second-order valence-corrected chi connectivity index (χ2v) is 14.9. The van der Waals surface area contributed by atoms with Crippen LogP contribution >= 0.6 is 0 Å². The van der Waals surface area contributed by atoms with Gasteiger partial charge >= 0.3 is 6.09 Å². The summed E-state index contributed by atoms with van der Waals surface area (Å²) in [6.45, 7) is 17.4. The highest BCUT2D eigenvalue weighted by atomic mass is 28.4. The van der Waals surface area contributed by atoms with E-state index in [2.05, 4.69) is 33.9 Å². The standard InChI is InChI=1S/C19H35NO4Si/c1-17(2,3)24-16(22)20-15(21)9-11-19(20)13-14(19)10-12-23-25(7,8)18(4,5)6/h14H,9-13H2,1-8H3/t14-,19+/m1/s1. The fourth-order valence-corrected chi connectivity index (χ4v) is 4.44. The Morgan fingerprint density at radius 1 is 1.24 bits per heavy atom. The lowest BCUT2D eigenvalue weighted by Crippen LogP contribution is -2.44. The molecule has 1 heterocycles. The lowest BCUT2D eigenvalue weighted by Gasteiger charge is -2.36. The van der Waals surface area contributed by atoms with E-state index in [4.69, 9.17) is 9.16 Å². The topological polar surface area (TPSA) is 55.8 Å². The molecular formula is C19H35NO4Si. The van der Waals surface area contributed by atoms with E-state index >= 15 is 0 Å². The van der Waals surface area contributed by atoms with Crippen molar-refractivity contribution in [2.24, 2.45) is 5.92 Å². The molecule has 0 aromatic rings. The molecular weight excluding hydrogens is 334 g/mol. The maximum Gasteiger partial charge on any atom is 0.417 e. The summed E-state index contributed by atoms with van der Waals surface area (Å²) >= 11 is 0. The minimum Gasteiger partial charge on any atom is -0.443 e. The van der Waals surface area contributed by atoms with E-state index in [1.54, 1.807) is 0 Å². The van der Waals surface area contributed by atoms with Crippen molar-refractivity contribution in [2.75, 3.05) is 6.61 Å². The van der Waals surface area contributed by atoms with Gasteiger partial charge in [-0.2, -0.15) is 0 Å². The first-order valence-corrected chi connectivity index (χ1v) is 12.3. The number of hydrogen-bond donors (Lipinski definition) is 0. The maximum atomic E-state index is 12.5. The quantitative estimate of drug-likeness (QED) is 0.673. The largest absolute Gasteiger partial charge is 0.443 e. The molecule has 0 radical (unpaired) electrons. The van der Waals surface area contributed by atoms with Crippen LogP contribution in [0.2, 0.25) is 18.1 Å². The molecule has 0 N–H and O–H groups in total. The Kier molecular flexibility index (Phi) is 5.21. The van der Waals surface area contributed by atoms with Crippen molar-refractivity contribution in [1.29, 1.82) is 0 Å². The van der Waals surface area contributed by atoms with Gasteiger partial charge in [-0.15, -0.1) is 0 Å². The number of carbonyl (C=O) groups is 2. The lowest BCUT2D eigenvalue weighted by molar-refractivity contribution is -0.128. The van der Waals surface area contributed by atoms with E-state index in [0.29, 0.717) is 18.9 Å². The van der Waals surface area contributed by atoms with E-state index in [9.17, 15) is 9.59 Å². The summed E-state index contributed by atoms with van der Waals surface area (Å²) in [6.07, 6.45) is 2.51. The summed E-state index contributed by atoms with van der Waals surface area (Å²) in [5.41, 5.74) is -0.896. The van der Waals surface area contributed by atoms with Crippen molar-refractivity contribution >= 4 is 20.3 Å². The molecule has 1 spiro atoms. The smallest absolute Gasteiger partial charge is 0.417 e. The van der Waals surface area contributed by atoms with Gasteiger partial charge in [0.1, 0.15) is 5.60 Å². The van der Waals surface area contributed by atoms with Gasteiger partial charge in [-0.1, -0.05) is 20.8 Å². The molecule has 2 aliphatic rings. The van der Waals surface area contributed by atoms with E-state index in [-0.39, 0.29) is 16.5 Å². The molecule has 2 atom stereocenters. The van der Waals surface area contributed by atoms with Crippen molar-refractivity contribution in [3.8, 4) is 0 Å². The Morgan fingerprint density at radius 3 is 2.36 bits per heavy atom. The lowest BCUT2D eigenvalue weighted by atomic mass is 10.1. The van der Waals surface area contributed by atoms with E-state index in [1.165, 1.54) is 4.90 Å². The minimum absolute atomic E-state index is 0.0953. The predicted octanol–water partition coefficient (Wildman–Crippen LogP) is 4.71. The van der Waals surface area contributed by atoms with Gasteiger partial charge < -0.3 is 9.16 Å². The second kappa shape index (κ2) is 6.37. The van der Waals surface area contributed by atoms with Crippen LogP contribution in [0.15, 0.2) is 0 Å². The molecule has 6 heteroatoms. The molecule has 1 aliphatic carbocycles. The minimum atomic E-state index is -1.75. The van der Waals surface area contributed by atoms with Crippen LogP contribution in [0.3, 0.4) is 0 Å². The zero-order chi connectivity index (χ0) is 19.3. The molecule has 0 bridgehead atoms. The van der Waals surface area contributed by atoms with Gasteiger partial charge in [-0.3, -0.25) is 4.79 Å². The van der Waals surface area contributed by atoms with Crippen LogP contribution in [-0.4, -0.2) is 43.0 Å². The van der Waals surface area contributed by atoms with E-state index < -0.39 is 20.0 Å². The molecule has 1 saturated heterocycles. The summed E-state index contributed by atoms with van der Waals surface area (Å²) < 4.78 is 11.7. The van der Waals surface area contributed by atoms with Crippen LogP contribution < -0.4 is 0 Å². The average molecular weight is 370 g/mol. The van der Waals surface area contributed by atoms with Gasteiger partial charge in [-0.05, 0) is 64.1 Å². The number of likely N-dealkylation sites (tertiary alicyclic amines) is 1. The molecule has 2 fully saturated rings. The predicted molar refractivity (Wildman–Crippen MR) is 101 cm³/mol. The van der Waals surface area contributed by atoms with Crippen LogP contribution in [0.1, 0.15) is 67.2 Å². The van der Waals surface area contributed by atoms with E-state index in [0.717, 1.165) is 19.3 Å². The highest BCUT2D eigenvalue weighted by Gasteiger charge is 2.64. The molecule has 25 heavy (non-hydrogen) atoms. The highest BCUT2D eigenvalue weighted by molar-refractivity contribution is 6.74. The van der Waals surface area contributed by atoms with Gasteiger partial charge in [0.05, 0.1) is 5.54 Å². The third kappa shape index (κ3) is 4.27. The van der Waals surface area contributed by atoms with Gasteiger partial charge in [0.2, 0.25) is 5.91 Å². The zero-order valence-electron chi connectivity index (χ0n) is 17.2. The molecule has 5 nitrogen and oxygen atoms in total. The van der Waals surface area contributed by atoms with Crippen molar-refractivity contribution in [2.45, 2.75) is 96.5 Å². The first-order chi connectivity index (χ1) is 11.2. The molecule has 0 aromatic heterocycles. The fraction of sp³-hybridized carbons (Fsp3) is 0.895. The Morgan fingerprint density at radius 2 is 1.84 bits per heavy atom. The number of carbonyl (C=O) groups excluding carboxylic acids is 2. The van der Waals surface area contributed by atoms with Gasteiger partial charge in [0, 0.05) is 13.0 Å². The molecule has 1 aliphatic heterocycles. The fourth-order valence-electron chi connectivity index (χ4n) is 3.38. The maximum absolute atomic E-state index is 12.5.